The normalized spacial score (nSPS) is 12.7. The number of aromatic nitrogens is 1. The maximum atomic E-state index is 13.2. The number of benzene rings is 1. The van der Waals surface area contributed by atoms with Crippen LogP contribution in [0.15, 0.2) is 52.4 Å². The summed E-state index contributed by atoms with van der Waals surface area (Å²) in [5.74, 6) is -0.210. The molecule has 1 aromatic carbocycles. The predicted octanol–water partition coefficient (Wildman–Crippen LogP) is 4.49. The Bertz CT molecular complexity index is 883. The van der Waals surface area contributed by atoms with E-state index in [1.807, 2.05) is 38.3 Å². The van der Waals surface area contributed by atoms with Crippen LogP contribution in [0.4, 0.5) is 10.3 Å². The second kappa shape index (κ2) is 8.02. The van der Waals surface area contributed by atoms with Gasteiger partial charge in [0.2, 0.25) is 11.8 Å². The first-order chi connectivity index (χ1) is 12.8. The molecule has 0 radical (unpaired) electrons. The van der Waals surface area contributed by atoms with Crippen LogP contribution >= 0.6 is 11.3 Å². The van der Waals surface area contributed by atoms with E-state index in [-0.39, 0.29) is 29.7 Å². The number of rotatable bonds is 6. The van der Waals surface area contributed by atoms with Gasteiger partial charge in [-0.05, 0) is 29.1 Å². The summed E-state index contributed by atoms with van der Waals surface area (Å²) in [6.45, 7) is 6.14. The summed E-state index contributed by atoms with van der Waals surface area (Å²) in [5, 5.41) is 11.9. The molecule has 0 aliphatic heterocycles. The first kappa shape index (κ1) is 19.3. The maximum Gasteiger partial charge on any atom is 0.240 e. The summed E-state index contributed by atoms with van der Waals surface area (Å²) in [6.07, 6.45) is 0. The summed E-state index contributed by atoms with van der Waals surface area (Å²) in [6, 6.07) is 11.7. The second-order valence-corrected chi connectivity index (χ2v) is 8.23. The fourth-order valence-corrected chi connectivity index (χ4v) is 3.38. The van der Waals surface area contributed by atoms with Crippen molar-refractivity contribution in [2.75, 3.05) is 11.9 Å². The van der Waals surface area contributed by atoms with Gasteiger partial charge in [0, 0.05) is 16.4 Å². The zero-order valence-electron chi connectivity index (χ0n) is 15.5. The van der Waals surface area contributed by atoms with Crippen molar-refractivity contribution in [1.29, 1.82) is 0 Å². The molecule has 1 atom stereocenters. The van der Waals surface area contributed by atoms with Gasteiger partial charge in [-0.2, -0.15) is 0 Å². The van der Waals surface area contributed by atoms with Crippen molar-refractivity contribution in [1.82, 2.24) is 10.5 Å². The number of thiophene rings is 1. The lowest BCUT2D eigenvalue weighted by atomic mass is 9.92. The van der Waals surface area contributed by atoms with E-state index in [4.69, 9.17) is 4.52 Å². The van der Waals surface area contributed by atoms with Crippen LogP contribution in [0.25, 0.3) is 0 Å². The van der Waals surface area contributed by atoms with E-state index in [0.29, 0.717) is 5.88 Å². The van der Waals surface area contributed by atoms with Crippen molar-refractivity contribution in [2.45, 2.75) is 32.2 Å². The summed E-state index contributed by atoms with van der Waals surface area (Å²) < 4.78 is 18.4. The molecule has 142 valence electrons. The number of carbonyl (C=O) groups is 1. The smallest absolute Gasteiger partial charge is 0.240 e. The minimum atomic E-state index is -0.290. The molecule has 0 unspecified atom stereocenters. The summed E-state index contributed by atoms with van der Waals surface area (Å²) in [4.78, 5) is 13.4. The molecule has 0 fully saturated rings. The molecule has 0 aliphatic carbocycles. The molecule has 0 aliphatic rings. The Morgan fingerprint density at radius 3 is 2.59 bits per heavy atom. The van der Waals surface area contributed by atoms with Crippen LogP contribution in [-0.4, -0.2) is 17.6 Å². The highest BCUT2D eigenvalue weighted by Gasteiger charge is 2.20. The van der Waals surface area contributed by atoms with E-state index < -0.39 is 0 Å². The molecule has 3 aromatic rings. The number of nitrogens with one attached hydrogen (secondary N) is 2. The molecule has 0 saturated heterocycles. The zero-order valence-corrected chi connectivity index (χ0v) is 16.3. The van der Waals surface area contributed by atoms with Gasteiger partial charge in [0.05, 0.1) is 18.3 Å². The van der Waals surface area contributed by atoms with E-state index in [1.165, 1.54) is 12.1 Å². The van der Waals surface area contributed by atoms with E-state index in [9.17, 15) is 9.18 Å². The molecule has 5 nitrogen and oxygen atoms in total. The molecule has 2 aromatic heterocycles. The van der Waals surface area contributed by atoms with E-state index in [0.717, 1.165) is 16.1 Å². The van der Waals surface area contributed by atoms with Crippen molar-refractivity contribution in [3.63, 3.8) is 0 Å². The number of halogens is 1. The van der Waals surface area contributed by atoms with Gasteiger partial charge in [0.15, 0.2) is 0 Å². The minimum absolute atomic E-state index is 0.0749. The maximum absolute atomic E-state index is 13.2. The third-order valence-corrected chi connectivity index (χ3v) is 4.98. The molecule has 0 bridgehead atoms. The Labute approximate surface area is 161 Å². The quantitative estimate of drug-likeness (QED) is 0.654. The van der Waals surface area contributed by atoms with Crippen molar-refractivity contribution >= 4 is 23.1 Å². The summed E-state index contributed by atoms with van der Waals surface area (Å²) >= 11 is 1.58. The van der Waals surface area contributed by atoms with Crippen LogP contribution in [0.1, 0.15) is 42.9 Å². The number of hydrogen-bond donors (Lipinski definition) is 2. The number of anilines is 1. The van der Waals surface area contributed by atoms with Crippen LogP contribution in [0.2, 0.25) is 0 Å². The molecule has 1 amide bonds. The lowest BCUT2D eigenvalue weighted by Crippen LogP contribution is -2.31. The Morgan fingerprint density at radius 2 is 2.00 bits per heavy atom. The molecule has 3 rings (SSSR count). The van der Waals surface area contributed by atoms with Gasteiger partial charge >= 0.3 is 0 Å². The Morgan fingerprint density at radius 1 is 1.26 bits per heavy atom. The minimum Gasteiger partial charge on any atom is -0.338 e. The fraction of sp³-hybridized carbons (Fsp3) is 0.300. The van der Waals surface area contributed by atoms with Gasteiger partial charge in [-0.25, -0.2) is 4.39 Å². The fourth-order valence-electron chi connectivity index (χ4n) is 2.56. The lowest BCUT2D eigenvalue weighted by Gasteiger charge is -2.17. The topological polar surface area (TPSA) is 67.2 Å². The number of nitrogens with zero attached hydrogens (tertiary/aromatic N) is 1. The lowest BCUT2D eigenvalue weighted by molar-refractivity contribution is -0.115. The molecule has 2 N–H and O–H groups in total. The highest BCUT2D eigenvalue weighted by Crippen LogP contribution is 2.26. The molecule has 0 spiro atoms. The Hall–Kier alpha value is -2.51. The van der Waals surface area contributed by atoms with Gasteiger partial charge in [-0.15, -0.1) is 11.3 Å². The largest absolute Gasteiger partial charge is 0.338 e. The van der Waals surface area contributed by atoms with Crippen molar-refractivity contribution in [3.05, 3.63) is 69.8 Å². The van der Waals surface area contributed by atoms with Crippen LogP contribution in [0, 0.1) is 5.82 Å². The van der Waals surface area contributed by atoms with Gasteiger partial charge in [-0.1, -0.05) is 44.1 Å². The molecular formula is C20H22FN3O2S. The van der Waals surface area contributed by atoms with Crippen molar-refractivity contribution < 1.29 is 13.7 Å². The number of amides is 1. The molecule has 7 heteroatoms. The Kier molecular flexibility index (Phi) is 5.72. The Balaban J connectivity index is 1.66. The second-order valence-electron chi connectivity index (χ2n) is 7.26. The first-order valence-corrected chi connectivity index (χ1v) is 9.50. The molecular weight excluding hydrogens is 365 g/mol. The number of carbonyl (C=O) groups excluding carboxylic acids is 1. The third-order valence-electron chi connectivity index (χ3n) is 4.04. The van der Waals surface area contributed by atoms with E-state index >= 15 is 0 Å². The number of hydrogen-bond acceptors (Lipinski definition) is 5. The molecule has 0 saturated carbocycles. The van der Waals surface area contributed by atoms with Gasteiger partial charge in [-0.3, -0.25) is 15.4 Å². The van der Waals surface area contributed by atoms with E-state index in [1.54, 1.807) is 29.5 Å². The first-order valence-electron chi connectivity index (χ1n) is 8.62. The van der Waals surface area contributed by atoms with Crippen LogP contribution in [0.3, 0.4) is 0 Å². The zero-order chi connectivity index (χ0) is 19.4. The van der Waals surface area contributed by atoms with Gasteiger partial charge < -0.3 is 4.52 Å². The van der Waals surface area contributed by atoms with Gasteiger partial charge in [0.1, 0.15) is 5.82 Å². The monoisotopic (exact) mass is 387 g/mol. The van der Waals surface area contributed by atoms with Crippen molar-refractivity contribution in [3.8, 4) is 0 Å². The van der Waals surface area contributed by atoms with Crippen LogP contribution in [0.5, 0.6) is 0 Å². The van der Waals surface area contributed by atoms with Crippen LogP contribution in [-0.2, 0) is 10.2 Å². The third kappa shape index (κ3) is 5.02. The molecule has 27 heavy (non-hydrogen) atoms. The summed E-state index contributed by atoms with van der Waals surface area (Å²) in [7, 11) is 0. The summed E-state index contributed by atoms with van der Waals surface area (Å²) in [5.41, 5.74) is 1.51. The van der Waals surface area contributed by atoms with Crippen molar-refractivity contribution in [2.24, 2.45) is 0 Å². The standard InChI is InChI=1S/C20H22FN3O2S/c1-20(2,3)16-11-18(26-24-16)23-17(25)12-22-19(15-5-4-10-27-15)13-6-8-14(21)9-7-13/h4-11,19,22H,12H2,1-3H3,(H,23,25)/t19-/m1/s1. The highest BCUT2D eigenvalue weighted by atomic mass is 32.1. The SMILES string of the molecule is CC(C)(C)c1cc(NC(=O)CN[C@H](c2ccc(F)cc2)c2cccs2)on1. The average molecular weight is 387 g/mol. The van der Waals surface area contributed by atoms with Gasteiger partial charge in [0.25, 0.3) is 0 Å². The highest BCUT2D eigenvalue weighted by molar-refractivity contribution is 7.10. The molecule has 2 heterocycles. The van der Waals surface area contributed by atoms with E-state index in [2.05, 4.69) is 15.8 Å². The average Bonchev–Trinajstić information content (AvgIpc) is 3.28. The van der Waals surface area contributed by atoms with Crippen LogP contribution < -0.4 is 10.6 Å². The predicted molar refractivity (Wildman–Crippen MR) is 104 cm³/mol.